The molecule has 2 aromatic carbocycles. The van der Waals surface area contributed by atoms with Crippen LogP contribution in [0.15, 0.2) is 51.4 Å². The van der Waals surface area contributed by atoms with E-state index in [1.807, 2.05) is 36.4 Å². The second-order valence-electron chi connectivity index (χ2n) is 5.08. The van der Waals surface area contributed by atoms with E-state index >= 15 is 0 Å². The maximum Gasteiger partial charge on any atom is 0.299 e. The van der Waals surface area contributed by atoms with Crippen LogP contribution in [0.5, 0.6) is 5.75 Å². The zero-order valence-electron chi connectivity index (χ0n) is 12.1. The third kappa shape index (κ3) is 3.33. The first kappa shape index (κ1) is 16.2. The lowest BCUT2D eigenvalue weighted by Crippen LogP contribution is -2.31. The molecule has 3 rings (SSSR count). The number of para-hydroxylation sites is 1. The maximum absolute atomic E-state index is 12.2. The molecule has 1 amide bonds. The van der Waals surface area contributed by atoms with Gasteiger partial charge in [0.25, 0.3) is 11.7 Å². The third-order valence-corrected chi connectivity index (χ3v) is 4.58. The summed E-state index contributed by atoms with van der Waals surface area (Å²) < 4.78 is 7.11. The van der Waals surface area contributed by atoms with Crippen molar-refractivity contribution in [1.29, 1.82) is 0 Å². The summed E-state index contributed by atoms with van der Waals surface area (Å²) in [4.78, 5) is 25.8. The number of hydrogen-bond donors (Lipinski definition) is 0. The molecule has 2 aromatic rings. The van der Waals surface area contributed by atoms with Crippen LogP contribution in [0.2, 0.25) is 0 Å². The van der Waals surface area contributed by atoms with Crippen LogP contribution in [0.3, 0.4) is 0 Å². The van der Waals surface area contributed by atoms with Crippen molar-refractivity contribution >= 4 is 49.2 Å². The van der Waals surface area contributed by atoms with Crippen LogP contribution in [0, 0.1) is 0 Å². The van der Waals surface area contributed by atoms with Gasteiger partial charge >= 0.3 is 0 Å². The largest absolute Gasteiger partial charge is 0.494 e. The van der Waals surface area contributed by atoms with Crippen molar-refractivity contribution in [2.75, 3.05) is 18.1 Å². The molecule has 23 heavy (non-hydrogen) atoms. The van der Waals surface area contributed by atoms with Crippen LogP contribution in [-0.2, 0) is 4.79 Å². The zero-order valence-corrected chi connectivity index (χ0v) is 15.3. The van der Waals surface area contributed by atoms with Gasteiger partial charge in [-0.05, 0) is 46.6 Å². The third-order valence-electron chi connectivity index (χ3n) is 3.52. The summed E-state index contributed by atoms with van der Waals surface area (Å²) in [5.74, 6) is -0.161. The number of halogens is 2. The van der Waals surface area contributed by atoms with E-state index in [2.05, 4.69) is 31.9 Å². The average Bonchev–Trinajstić information content (AvgIpc) is 2.77. The molecule has 0 fully saturated rings. The van der Waals surface area contributed by atoms with Gasteiger partial charge in [-0.3, -0.25) is 9.59 Å². The molecule has 0 atom stereocenters. The van der Waals surface area contributed by atoms with Gasteiger partial charge in [-0.15, -0.1) is 0 Å². The van der Waals surface area contributed by atoms with Gasteiger partial charge < -0.3 is 9.64 Å². The molecule has 0 aromatic heterocycles. The minimum absolute atomic E-state index is 0.431. The van der Waals surface area contributed by atoms with Gasteiger partial charge in [-0.1, -0.05) is 34.1 Å². The van der Waals surface area contributed by atoms with Gasteiger partial charge in [0.15, 0.2) is 0 Å². The molecule has 0 unspecified atom stereocenters. The fourth-order valence-electron chi connectivity index (χ4n) is 2.50. The molecule has 0 radical (unpaired) electrons. The number of benzene rings is 2. The predicted molar refractivity (Wildman–Crippen MR) is 95.1 cm³/mol. The van der Waals surface area contributed by atoms with E-state index in [-0.39, 0.29) is 0 Å². The first-order chi connectivity index (χ1) is 11.1. The predicted octanol–water partition coefficient (Wildman–Crippen LogP) is 4.21. The Bertz CT molecular complexity index is 762. The van der Waals surface area contributed by atoms with Crippen molar-refractivity contribution in [2.45, 2.75) is 6.42 Å². The summed E-state index contributed by atoms with van der Waals surface area (Å²) in [6.07, 6.45) is 0.635. The summed E-state index contributed by atoms with van der Waals surface area (Å²) in [5, 5.41) is 0. The fourth-order valence-corrected chi connectivity index (χ4v) is 3.93. The lowest BCUT2D eigenvalue weighted by atomic mass is 10.1. The number of hydrogen-bond acceptors (Lipinski definition) is 3. The molecule has 0 N–H and O–H groups in total. The quantitative estimate of drug-likeness (QED) is 0.518. The average molecular weight is 439 g/mol. The van der Waals surface area contributed by atoms with Gasteiger partial charge in [0.1, 0.15) is 5.75 Å². The SMILES string of the molecule is O=C1C(=O)N(CCCOc2ccccc2)c2c(Br)cc(Br)cc21. The summed E-state index contributed by atoms with van der Waals surface area (Å²) in [5.41, 5.74) is 1.07. The van der Waals surface area contributed by atoms with Crippen LogP contribution >= 0.6 is 31.9 Å². The van der Waals surface area contributed by atoms with E-state index in [9.17, 15) is 9.59 Å². The van der Waals surface area contributed by atoms with E-state index in [1.54, 1.807) is 6.07 Å². The summed E-state index contributed by atoms with van der Waals surface area (Å²) in [6, 6.07) is 13.0. The van der Waals surface area contributed by atoms with Crippen molar-refractivity contribution in [3.05, 3.63) is 57.0 Å². The Hall–Kier alpha value is -1.66. The molecule has 0 saturated carbocycles. The number of Topliss-reactive ketones (excluding diaryl/α,β-unsaturated/α-hetero) is 1. The second kappa shape index (κ2) is 6.84. The number of carbonyl (C=O) groups is 2. The standard InChI is InChI=1S/C17H13Br2NO3/c18-11-9-13-15(14(19)10-11)20(17(22)16(13)21)7-4-8-23-12-5-2-1-3-6-12/h1-3,5-6,9-10H,4,7-8H2. The Kier molecular flexibility index (Phi) is 4.82. The second-order valence-corrected chi connectivity index (χ2v) is 6.85. The number of rotatable bonds is 5. The topological polar surface area (TPSA) is 46.6 Å². The Morgan fingerprint density at radius 1 is 1.04 bits per heavy atom. The molecule has 118 valence electrons. The zero-order chi connectivity index (χ0) is 16.4. The van der Waals surface area contributed by atoms with Gasteiger partial charge in [0.05, 0.1) is 17.9 Å². The van der Waals surface area contributed by atoms with Crippen molar-refractivity contribution in [2.24, 2.45) is 0 Å². The highest BCUT2D eigenvalue weighted by molar-refractivity contribution is 9.11. The monoisotopic (exact) mass is 437 g/mol. The lowest BCUT2D eigenvalue weighted by molar-refractivity contribution is -0.114. The van der Waals surface area contributed by atoms with E-state index in [0.717, 1.165) is 14.7 Å². The Morgan fingerprint density at radius 2 is 1.78 bits per heavy atom. The summed E-state index contributed by atoms with van der Waals surface area (Å²) in [6.45, 7) is 0.913. The highest BCUT2D eigenvalue weighted by Crippen LogP contribution is 2.38. The number of amides is 1. The highest BCUT2D eigenvalue weighted by Gasteiger charge is 2.37. The normalized spacial score (nSPS) is 13.4. The molecule has 0 saturated heterocycles. The number of nitrogens with zero attached hydrogens (tertiary/aromatic N) is 1. The lowest BCUT2D eigenvalue weighted by Gasteiger charge is -2.18. The molecular weight excluding hydrogens is 426 g/mol. The van der Waals surface area contributed by atoms with Crippen molar-refractivity contribution < 1.29 is 14.3 Å². The van der Waals surface area contributed by atoms with Gasteiger partial charge in [-0.2, -0.15) is 0 Å². The Balaban J connectivity index is 1.67. The molecular formula is C17H13Br2NO3. The molecule has 0 bridgehead atoms. The highest BCUT2D eigenvalue weighted by atomic mass is 79.9. The molecule has 4 nitrogen and oxygen atoms in total. The maximum atomic E-state index is 12.2. The van der Waals surface area contributed by atoms with E-state index in [1.165, 1.54) is 4.90 Å². The Labute approximate surface area is 150 Å². The Morgan fingerprint density at radius 3 is 2.52 bits per heavy atom. The molecule has 6 heteroatoms. The number of ketones is 1. The molecule has 1 aliphatic heterocycles. The molecule has 0 spiro atoms. The first-order valence-corrected chi connectivity index (χ1v) is 8.69. The minimum atomic E-state index is -0.487. The molecule has 0 aliphatic carbocycles. The fraction of sp³-hybridized carbons (Fsp3) is 0.176. The van der Waals surface area contributed by atoms with E-state index in [0.29, 0.717) is 30.8 Å². The number of fused-ring (bicyclic) bond motifs is 1. The van der Waals surface area contributed by atoms with Gasteiger partial charge in [0, 0.05) is 15.5 Å². The number of ether oxygens (including phenoxy) is 1. The summed E-state index contributed by atoms with van der Waals surface area (Å²) >= 11 is 6.77. The van der Waals surface area contributed by atoms with E-state index in [4.69, 9.17) is 4.74 Å². The van der Waals surface area contributed by atoms with Crippen molar-refractivity contribution in [1.82, 2.24) is 0 Å². The van der Waals surface area contributed by atoms with Crippen LogP contribution in [0.1, 0.15) is 16.8 Å². The van der Waals surface area contributed by atoms with Crippen LogP contribution in [0.4, 0.5) is 5.69 Å². The van der Waals surface area contributed by atoms with Crippen molar-refractivity contribution in [3.63, 3.8) is 0 Å². The van der Waals surface area contributed by atoms with Crippen molar-refractivity contribution in [3.8, 4) is 5.75 Å². The summed E-state index contributed by atoms with van der Waals surface area (Å²) in [7, 11) is 0. The van der Waals surface area contributed by atoms with Crippen LogP contribution in [0.25, 0.3) is 0 Å². The minimum Gasteiger partial charge on any atom is -0.494 e. The van der Waals surface area contributed by atoms with Crippen LogP contribution < -0.4 is 9.64 Å². The molecule has 1 heterocycles. The first-order valence-electron chi connectivity index (χ1n) is 7.11. The number of carbonyl (C=O) groups excluding carboxylic acids is 2. The van der Waals surface area contributed by atoms with Crippen LogP contribution in [-0.4, -0.2) is 24.8 Å². The smallest absolute Gasteiger partial charge is 0.299 e. The van der Waals surface area contributed by atoms with Gasteiger partial charge in [0.2, 0.25) is 0 Å². The molecule has 1 aliphatic rings. The van der Waals surface area contributed by atoms with E-state index < -0.39 is 11.7 Å². The van der Waals surface area contributed by atoms with Gasteiger partial charge in [-0.25, -0.2) is 0 Å². The number of anilines is 1.